The molecule has 0 fully saturated rings. The zero-order chi connectivity index (χ0) is 19.0. The molecule has 0 saturated heterocycles. The lowest BCUT2D eigenvalue weighted by Crippen LogP contribution is -2.21. The Morgan fingerprint density at radius 1 is 1.15 bits per heavy atom. The summed E-state index contributed by atoms with van der Waals surface area (Å²) in [5.41, 5.74) is 2.71. The van der Waals surface area contributed by atoms with E-state index in [4.69, 9.17) is 27.7 Å². The van der Waals surface area contributed by atoms with E-state index < -0.39 is 0 Å². The van der Waals surface area contributed by atoms with Crippen LogP contribution in [-0.4, -0.2) is 11.1 Å². The summed E-state index contributed by atoms with van der Waals surface area (Å²) in [5, 5.41) is 8.90. The van der Waals surface area contributed by atoms with Crippen LogP contribution in [0.3, 0.4) is 0 Å². The first-order valence-electron chi connectivity index (χ1n) is 8.19. The highest BCUT2D eigenvalue weighted by molar-refractivity contribution is 7.21. The van der Waals surface area contributed by atoms with Crippen LogP contribution in [0.1, 0.15) is 21.0 Å². The monoisotopic (exact) mass is 416 g/mol. The van der Waals surface area contributed by atoms with Crippen molar-refractivity contribution >= 4 is 50.5 Å². The molecule has 0 unspecified atom stereocenters. The lowest BCUT2D eigenvalue weighted by atomic mass is 10.1. The number of rotatable bonds is 4. The highest BCUT2D eigenvalue weighted by atomic mass is 35.5. The van der Waals surface area contributed by atoms with E-state index in [9.17, 15) is 4.79 Å². The lowest BCUT2D eigenvalue weighted by Gasteiger charge is -2.00. The van der Waals surface area contributed by atoms with E-state index in [0.29, 0.717) is 26.4 Å². The van der Waals surface area contributed by atoms with Crippen molar-refractivity contribution in [3.05, 3.63) is 74.8 Å². The van der Waals surface area contributed by atoms with Crippen LogP contribution in [0, 0.1) is 6.92 Å². The predicted octanol–water partition coefficient (Wildman–Crippen LogP) is 6.10. The maximum Gasteiger partial charge on any atom is 0.263 e. The Balaban J connectivity index is 1.48. The third kappa shape index (κ3) is 3.72. The van der Waals surface area contributed by atoms with E-state index in [-0.39, 0.29) is 12.5 Å². The topological polar surface area (TPSA) is 55.1 Å². The molecular weight excluding hydrogens is 403 g/mol. The lowest BCUT2D eigenvalue weighted by molar-refractivity contribution is 0.0951. The van der Waals surface area contributed by atoms with Gasteiger partial charge in [0.05, 0.1) is 11.6 Å². The zero-order valence-electron chi connectivity index (χ0n) is 14.3. The Kier molecular flexibility index (Phi) is 4.91. The molecular formula is C20H14Cl2N2O2S. The number of aryl methyl sites for hydroxylation is 1. The highest BCUT2D eigenvalue weighted by Gasteiger charge is 2.17. The second-order valence-corrected chi connectivity index (χ2v) is 7.98. The van der Waals surface area contributed by atoms with Gasteiger partial charge in [0.25, 0.3) is 5.91 Å². The number of carbonyl (C=O) groups is 1. The van der Waals surface area contributed by atoms with Crippen LogP contribution >= 0.6 is 34.5 Å². The second-order valence-electron chi connectivity index (χ2n) is 6.11. The minimum absolute atomic E-state index is 0.225. The Morgan fingerprint density at radius 3 is 2.70 bits per heavy atom. The first-order valence-corrected chi connectivity index (χ1v) is 9.77. The van der Waals surface area contributed by atoms with Gasteiger partial charge in [-0.1, -0.05) is 52.6 Å². The average Bonchev–Trinajstić information content (AvgIpc) is 3.25. The summed E-state index contributed by atoms with van der Waals surface area (Å²) in [5.74, 6) is 0.324. The van der Waals surface area contributed by atoms with Gasteiger partial charge in [-0.05, 0) is 30.7 Å². The average molecular weight is 417 g/mol. The molecule has 7 heteroatoms. The third-order valence-corrected chi connectivity index (χ3v) is 6.02. The van der Waals surface area contributed by atoms with Crippen molar-refractivity contribution in [1.29, 1.82) is 0 Å². The smallest absolute Gasteiger partial charge is 0.263 e. The van der Waals surface area contributed by atoms with Crippen molar-refractivity contribution in [2.75, 3.05) is 0 Å². The molecule has 0 aliphatic rings. The third-order valence-electron chi connectivity index (χ3n) is 4.11. The van der Waals surface area contributed by atoms with Crippen molar-refractivity contribution in [3.63, 3.8) is 0 Å². The van der Waals surface area contributed by atoms with Crippen LogP contribution < -0.4 is 5.32 Å². The molecule has 2 heterocycles. The van der Waals surface area contributed by atoms with E-state index >= 15 is 0 Å². The zero-order valence-corrected chi connectivity index (χ0v) is 16.6. The summed E-state index contributed by atoms with van der Waals surface area (Å²) in [6.07, 6.45) is 0. The van der Waals surface area contributed by atoms with Crippen molar-refractivity contribution in [3.8, 4) is 11.3 Å². The van der Waals surface area contributed by atoms with Crippen LogP contribution in [-0.2, 0) is 6.54 Å². The molecule has 1 N–H and O–H groups in total. The van der Waals surface area contributed by atoms with Gasteiger partial charge in [-0.2, -0.15) is 0 Å². The Hall–Kier alpha value is -2.34. The summed E-state index contributed by atoms with van der Waals surface area (Å²) >= 11 is 13.7. The van der Waals surface area contributed by atoms with Crippen LogP contribution in [0.25, 0.3) is 21.3 Å². The summed E-state index contributed by atoms with van der Waals surface area (Å²) in [6, 6.07) is 15.0. The van der Waals surface area contributed by atoms with Crippen molar-refractivity contribution in [1.82, 2.24) is 10.5 Å². The molecule has 4 rings (SSSR count). The minimum Gasteiger partial charge on any atom is -0.359 e. The number of carbonyl (C=O) groups excluding carboxylic acids is 1. The number of hydrogen-bond acceptors (Lipinski definition) is 4. The van der Waals surface area contributed by atoms with Gasteiger partial charge in [-0.3, -0.25) is 4.79 Å². The molecule has 0 spiro atoms. The van der Waals surface area contributed by atoms with Gasteiger partial charge in [0.2, 0.25) is 0 Å². The molecule has 0 radical (unpaired) electrons. The number of nitrogens with zero attached hydrogens (tertiary/aromatic N) is 1. The Labute approximate surface area is 169 Å². The van der Waals surface area contributed by atoms with E-state index in [1.54, 1.807) is 18.2 Å². The number of nitrogens with one attached hydrogen (secondary N) is 1. The number of thiophene rings is 1. The molecule has 2 aromatic heterocycles. The van der Waals surface area contributed by atoms with E-state index in [1.165, 1.54) is 11.3 Å². The van der Waals surface area contributed by atoms with Crippen LogP contribution in [0.5, 0.6) is 0 Å². The van der Waals surface area contributed by atoms with E-state index in [0.717, 1.165) is 21.2 Å². The first kappa shape index (κ1) is 18.0. The number of halogens is 2. The Morgan fingerprint density at radius 2 is 1.93 bits per heavy atom. The van der Waals surface area contributed by atoms with Crippen LogP contribution in [0.2, 0.25) is 10.0 Å². The standard InChI is InChI=1S/C20H14Cl2N2O2S/c1-11-2-7-15-17(8-11)27-19(18(15)22)20(25)23-10-14-9-16(24-26-14)12-3-5-13(21)6-4-12/h2-9H,10H2,1H3,(H,23,25). The second kappa shape index (κ2) is 7.35. The van der Waals surface area contributed by atoms with Crippen LogP contribution in [0.4, 0.5) is 0 Å². The largest absolute Gasteiger partial charge is 0.359 e. The fourth-order valence-electron chi connectivity index (χ4n) is 2.72. The quantitative estimate of drug-likeness (QED) is 0.437. The maximum absolute atomic E-state index is 12.5. The summed E-state index contributed by atoms with van der Waals surface area (Å²) < 4.78 is 6.31. The van der Waals surface area contributed by atoms with Crippen LogP contribution in [0.15, 0.2) is 53.1 Å². The summed E-state index contributed by atoms with van der Waals surface area (Å²) in [7, 11) is 0. The molecule has 0 aliphatic carbocycles. The molecule has 0 atom stereocenters. The number of amides is 1. The van der Waals surface area contributed by atoms with E-state index in [2.05, 4.69) is 10.5 Å². The van der Waals surface area contributed by atoms with Gasteiger partial charge in [-0.15, -0.1) is 11.3 Å². The van der Waals surface area contributed by atoms with Gasteiger partial charge >= 0.3 is 0 Å². The molecule has 0 bridgehead atoms. The molecule has 4 aromatic rings. The highest BCUT2D eigenvalue weighted by Crippen LogP contribution is 2.35. The molecule has 0 saturated carbocycles. The normalized spacial score (nSPS) is 11.1. The fourth-order valence-corrected chi connectivity index (χ4v) is 4.38. The number of aromatic nitrogens is 1. The van der Waals surface area contributed by atoms with E-state index in [1.807, 2.05) is 37.3 Å². The Bertz CT molecular complexity index is 1130. The SMILES string of the molecule is Cc1ccc2c(Cl)c(C(=O)NCc3cc(-c4ccc(Cl)cc4)no3)sc2c1. The van der Waals surface area contributed by atoms with Gasteiger partial charge in [0.15, 0.2) is 5.76 Å². The minimum atomic E-state index is -0.233. The van der Waals surface area contributed by atoms with Gasteiger partial charge < -0.3 is 9.84 Å². The maximum atomic E-state index is 12.5. The van der Waals surface area contributed by atoms with Gasteiger partial charge in [-0.25, -0.2) is 0 Å². The summed E-state index contributed by atoms with van der Waals surface area (Å²) in [4.78, 5) is 13.0. The molecule has 136 valence electrons. The number of hydrogen-bond donors (Lipinski definition) is 1. The number of fused-ring (bicyclic) bond motifs is 1. The molecule has 4 nitrogen and oxygen atoms in total. The molecule has 27 heavy (non-hydrogen) atoms. The van der Waals surface area contributed by atoms with Crippen molar-refractivity contribution in [2.24, 2.45) is 0 Å². The first-order chi connectivity index (χ1) is 13.0. The van der Waals surface area contributed by atoms with Gasteiger partial charge in [0, 0.05) is 26.7 Å². The molecule has 0 aliphatic heterocycles. The number of benzene rings is 2. The fraction of sp³-hybridized carbons (Fsp3) is 0.100. The molecule has 2 aromatic carbocycles. The predicted molar refractivity (Wildman–Crippen MR) is 110 cm³/mol. The van der Waals surface area contributed by atoms with Crippen molar-refractivity contribution in [2.45, 2.75) is 13.5 Å². The van der Waals surface area contributed by atoms with Gasteiger partial charge in [0.1, 0.15) is 10.6 Å². The van der Waals surface area contributed by atoms with Crippen molar-refractivity contribution < 1.29 is 9.32 Å². The molecule has 1 amide bonds. The summed E-state index contributed by atoms with van der Waals surface area (Å²) in [6.45, 7) is 2.23.